The third kappa shape index (κ3) is 5.94. The van der Waals surface area contributed by atoms with E-state index in [0.29, 0.717) is 0 Å². The van der Waals surface area contributed by atoms with Gasteiger partial charge in [0.25, 0.3) is 0 Å². The number of fused-ring (bicyclic) bond motifs is 9. The van der Waals surface area contributed by atoms with Crippen molar-refractivity contribution in [3.8, 4) is 28.2 Å². The normalized spacial score (nSPS) is 12.0. The van der Waals surface area contributed by atoms with Crippen LogP contribution in [0.5, 0.6) is 0 Å². The molecule has 0 amide bonds. The van der Waals surface area contributed by atoms with Gasteiger partial charge in [-0.1, -0.05) is 212 Å². The van der Waals surface area contributed by atoms with Gasteiger partial charge in [0, 0.05) is 60.5 Å². The minimum absolute atomic E-state index is 1.13. The molecule has 0 aliphatic rings. The molecule has 0 fully saturated rings. The van der Waals surface area contributed by atoms with E-state index in [0.717, 1.165) is 17.1 Å². The number of para-hydroxylation sites is 6. The molecule has 0 aliphatic heterocycles. The molecule has 70 heavy (non-hydrogen) atoms. The molecule has 4 heteroatoms. The van der Waals surface area contributed by atoms with Gasteiger partial charge >= 0.3 is 0 Å². The SMILES string of the molecule is c1ccc(-n2c3ccccc3c3cccc(-c4cccc5c6ccccc6n(-c6ccc7c(c6)c6ccccc6n7-c6ccc([Si](c7ccccc7)(c7ccccc7)c7ccccc7)cc6)c45)c32)cc1. The van der Waals surface area contributed by atoms with E-state index >= 15 is 0 Å². The molecule has 0 N–H and O–H groups in total. The maximum Gasteiger partial charge on any atom is 0.179 e. The molecule has 14 rings (SSSR count). The number of nitrogens with zero attached hydrogens (tertiary/aromatic N) is 3. The van der Waals surface area contributed by atoms with Crippen molar-refractivity contribution in [2.45, 2.75) is 0 Å². The molecule has 3 nitrogen and oxygen atoms in total. The zero-order valence-corrected chi connectivity index (χ0v) is 39.3. The van der Waals surface area contributed by atoms with E-state index in [-0.39, 0.29) is 0 Å². The summed E-state index contributed by atoms with van der Waals surface area (Å²) in [6.45, 7) is 0. The van der Waals surface area contributed by atoms with Crippen LogP contribution in [0.15, 0.2) is 273 Å². The van der Waals surface area contributed by atoms with E-state index in [1.807, 2.05) is 0 Å². The molecule has 0 saturated heterocycles. The van der Waals surface area contributed by atoms with Gasteiger partial charge in [-0.2, -0.15) is 0 Å². The lowest BCUT2D eigenvalue weighted by Crippen LogP contribution is -2.74. The number of hydrogen-bond donors (Lipinski definition) is 0. The summed E-state index contributed by atoms with van der Waals surface area (Å²) in [7, 11) is -2.69. The molecule has 0 atom stereocenters. The summed E-state index contributed by atoms with van der Waals surface area (Å²) < 4.78 is 7.41. The molecule has 328 valence electrons. The van der Waals surface area contributed by atoms with E-state index < -0.39 is 8.07 Å². The summed E-state index contributed by atoms with van der Waals surface area (Å²) in [6, 6.07) is 101. The summed E-state index contributed by atoms with van der Waals surface area (Å²) in [6.07, 6.45) is 0. The first-order chi connectivity index (χ1) is 34.8. The Morgan fingerprint density at radius 2 is 0.557 bits per heavy atom. The molecule has 3 aromatic heterocycles. The number of benzene rings is 11. The highest BCUT2D eigenvalue weighted by molar-refractivity contribution is 7.19. The zero-order chi connectivity index (χ0) is 46.2. The van der Waals surface area contributed by atoms with Gasteiger partial charge in [0.15, 0.2) is 8.07 Å². The lowest BCUT2D eigenvalue weighted by molar-refractivity contribution is 1.16. The van der Waals surface area contributed by atoms with Crippen molar-refractivity contribution in [2.75, 3.05) is 0 Å². The Hall–Kier alpha value is -8.96. The van der Waals surface area contributed by atoms with Crippen LogP contribution in [0.3, 0.4) is 0 Å². The molecule has 11 aromatic carbocycles. The molecule has 0 aliphatic carbocycles. The molecule has 0 bridgehead atoms. The topological polar surface area (TPSA) is 14.8 Å². The molecule has 0 spiro atoms. The Bertz CT molecular complexity index is 4170. The Morgan fingerprint density at radius 1 is 0.214 bits per heavy atom. The minimum atomic E-state index is -2.69. The summed E-state index contributed by atoms with van der Waals surface area (Å²) in [4.78, 5) is 0. The monoisotopic (exact) mass is 907 g/mol. The highest BCUT2D eigenvalue weighted by atomic mass is 28.3. The second-order valence-corrected chi connectivity index (χ2v) is 22.2. The average molecular weight is 908 g/mol. The third-order valence-electron chi connectivity index (χ3n) is 14.8. The molecule has 0 saturated carbocycles. The van der Waals surface area contributed by atoms with Crippen LogP contribution in [0.4, 0.5) is 0 Å². The van der Waals surface area contributed by atoms with Crippen LogP contribution < -0.4 is 20.7 Å². The first kappa shape index (κ1) is 40.1. The largest absolute Gasteiger partial charge is 0.309 e. The van der Waals surface area contributed by atoms with Gasteiger partial charge in [-0.3, -0.25) is 0 Å². The Kier molecular flexibility index (Phi) is 9.23. The van der Waals surface area contributed by atoms with Crippen LogP contribution in [-0.4, -0.2) is 21.8 Å². The predicted octanol–water partition coefficient (Wildman–Crippen LogP) is 14.0. The molecule has 0 radical (unpaired) electrons. The maximum absolute atomic E-state index is 2.69. The van der Waals surface area contributed by atoms with Crippen LogP contribution in [-0.2, 0) is 0 Å². The van der Waals surface area contributed by atoms with Crippen molar-refractivity contribution in [3.05, 3.63) is 273 Å². The molecule has 0 unspecified atom stereocenters. The Morgan fingerprint density at radius 3 is 1.06 bits per heavy atom. The maximum atomic E-state index is 2.51. The van der Waals surface area contributed by atoms with Crippen LogP contribution in [0.25, 0.3) is 93.6 Å². The van der Waals surface area contributed by atoms with Crippen LogP contribution in [0.2, 0.25) is 0 Å². The fourth-order valence-corrected chi connectivity index (χ4v) is 16.6. The van der Waals surface area contributed by atoms with E-state index in [2.05, 4.69) is 287 Å². The van der Waals surface area contributed by atoms with Crippen molar-refractivity contribution >= 4 is 94.2 Å². The lowest BCUT2D eigenvalue weighted by atomic mass is 9.99. The van der Waals surface area contributed by atoms with E-state index in [1.54, 1.807) is 0 Å². The second-order valence-electron chi connectivity index (χ2n) is 18.4. The van der Waals surface area contributed by atoms with E-state index in [4.69, 9.17) is 0 Å². The third-order valence-corrected chi connectivity index (χ3v) is 19.6. The van der Waals surface area contributed by atoms with Gasteiger partial charge in [-0.15, -0.1) is 0 Å². The molecule has 3 heterocycles. The Balaban J connectivity index is 0.978. The van der Waals surface area contributed by atoms with Crippen molar-refractivity contribution < 1.29 is 0 Å². The molecular weight excluding hydrogens is 863 g/mol. The van der Waals surface area contributed by atoms with Crippen molar-refractivity contribution in [2.24, 2.45) is 0 Å². The van der Waals surface area contributed by atoms with Gasteiger partial charge in [-0.05, 0) is 81.4 Å². The molecule has 14 aromatic rings. The smallest absolute Gasteiger partial charge is 0.179 e. The quantitative estimate of drug-likeness (QED) is 0.107. The lowest BCUT2D eigenvalue weighted by Gasteiger charge is -2.34. The number of hydrogen-bond acceptors (Lipinski definition) is 0. The summed E-state index contributed by atoms with van der Waals surface area (Å²) in [5.74, 6) is 0. The zero-order valence-electron chi connectivity index (χ0n) is 38.3. The summed E-state index contributed by atoms with van der Waals surface area (Å²) in [5, 5.41) is 12.9. The van der Waals surface area contributed by atoms with Crippen LogP contribution >= 0.6 is 0 Å². The van der Waals surface area contributed by atoms with Gasteiger partial charge < -0.3 is 13.7 Å². The fourth-order valence-electron chi connectivity index (χ4n) is 11.9. The molecular formula is C66H45N3Si. The standard InChI is InChI=1S/C66H45N3Si/c1-5-21-46(22-6-1)68-62-37-17-13-29-53(62)56-32-19-34-58(65(56)68)59-35-20-33-57-54-30-14-18-38-63(54)69(66(57)59)48-41-44-64-60(45-48)55-31-15-16-36-61(55)67(64)47-39-42-52(43-40-47)70(49-23-7-2-8-24-49,50-25-9-3-10-26-50)51-27-11-4-12-28-51/h1-45H. The number of aromatic nitrogens is 3. The predicted molar refractivity (Wildman–Crippen MR) is 299 cm³/mol. The van der Waals surface area contributed by atoms with Crippen molar-refractivity contribution in [1.82, 2.24) is 13.7 Å². The highest BCUT2D eigenvalue weighted by Gasteiger charge is 2.41. The highest BCUT2D eigenvalue weighted by Crippen LogP contribution is 2.44. The second kappa shape index (κ2) is 16.1. The van der Waals surface area contributed by atoms with Crippen molar-refractivity contribution in [1.29, 1.82) is 0 Å². The van der Waals surface area contributed by atoms with E-state index in [1.165, 1.54) is 97.3 Å². The summed E-state index contributed by atoms with van der Waals surface area (Å²) >= 11 is 0. The van der Waals surface area contributed by atoms with Crippen LogP contribution in [0, 0.1) is 0 Å². The minimum Gasteiger partial charge on any atom is -0.309 e. The average Bonchev–Trinajstić information content (AvgIpc) is 4.08. The van der Waals surface area contributed by atoms with Crippen molar-refractivity contribution in [3.63, 3.8) is 0 Å². The van der Waals surface area contributed by atoms with Gasteiger partial charge in [0.05, 0.1) is 33.1 Å². The van der Waals surface area contributed by atoms with Crippen LogP contribution in [0.1, 0.15) is 0 Å². The van der Waals surface area contributed by atoms with Gasteiger partial charge in [0.2, 0.25) is 0 Å². The number of rotatable bonds is 8. The van der Waals surface area contributed by atoms with E-state index in [9.17, 15) is 0 Å². The fraction of sp³-hybridized carbons (Fsp3) is 0. The van der Waals surface area contributed by atoms with Gasteiger partial charge in [0.1, 0.15) is 0 Å². The Labute approximate surface area is 407 Å². The summed E-state index contributed by atoms with van der Waals surface area (Å²) in [5.41, 5.74) is 13.0. The van der Waals surface area contributed by atoms with Gasteiger partial charge in [-0.25, -0.2) is 0 Å². The first-order valence-corrected chi connectivity index (χ1v) is 26.2. The first-order valence-electron chi connectivity index (χ1n) is 24.2.